The highest BCUT2D eigenvalue weighted by molar-refractivity contribution is 6.38. The van der Waals surface area contributed by atoms with Crippen molar-refractivity contribution in [3.8, 4) is 0 Å². The van der Waals surface area contributed by atoms with Crippen molar-refractivity contribution in [2.45, 2.75) is 19.3 Å². The molecule has 4 amide bonds. The minimum absolute atomic E-state index is 0.247. The van der Waals surface area contributed by atoms with Gasteiger partial charge in [-0.25, -0.2) is 0 Å². The van der Waals surface area contributed by atoms with Crippen molar-refractivity contribution < 1.29 is 19.2 Å². The number of aryl methyl sites for hydroxylation is 2. The van der Waals surface area contributed by atoms with Crippen LogP contribution in [0.1, 0.15) is 28.9 Å². The molecule has 12 heteroatoms. The van der Waals surface area contributed by atoms with Crippen LogP contribution in [0.2, 0.25) is 0 Å². The first kappa shape index (κ1) is 31.8. The second-order valence-electron chi connectivity index (χ2n) is 14.3. The molecule has 4 bridgehead atoms. The van der Waals surface area contributed by atoms with E-state index >= 15 is 0 Å². The predicted molar refractivity (Wildman–Crippen MR) is 194 cm³/mol. The fraction of sp³-hybridized carbons (Fsp3) is 0.385. The minimum Gasteiger partial charge on any atom is -0.364 e. The number of benzene rings is 2. The molecule has 4 aromatic rings. The van der Waals surface area contributed by atoms with E-state index in [1.54, 1.807) is 14.1 Å². The maximum absolute atomic E-state index is 14.0. The zero-order valence-corrected chi connectivity index (χ0v) is 29.1. The molecule has 0 unspecified atom stereocenters. The Morgan fingerprint density at radius 2 is 0.863 bits per heavy atom. The Morgan fingerprint density at radius 3 is 1.27 bits per heavy atom. The van der Waals surface area contributed by atoms with E-state index in [0.29, 0.717) is 68.0 Å². The summed E-state index contributed by atoms with van der Waals surface area (Å²) in [6.45, 7) is 7.66. The molecule has 2 aromatic carbocycles. The van der Waals surface area contributed by atoms with Crippen molar-refractivity contribution >= 4 is 56.6 Å². The van der Waals surface area contributed by atoms with Crippen LogP contribution < -0.4 is 0 Å². The maximum Gasteiger partial charge on any atom is 0.277 e. The lowest BCUT2D eigenvalue weighted by Crippen LogP contribution is -2.52. The number of nitrogens with zero attached hydrogens (tertiary/aromatic N) is 6. The van der Waals surface area contributed by atoms with Crippen LogP contribution in [0.3, 0.4) is 0 Å². The first-order chi connectivity index (χ1) is 24.8. The Balaban J connectivity index is 1.18. The lowest BCUT2D eigenvalue weighted by molar-refractivity contribution is -0.137. The number of piperazine rings is 2. The van der Waals surface area contributed by atoms with Gasteiger partial charge in [0.1, 0.15) is 11.4 Å². The SMILES string of the molecule is CN1C(=O)C2=C(C1=O)N1CCN(CCN3CCN(CC3)C3=C(C(=O)N(C)C3=O)c3c([nH]c4ccccc34)CCCc3[nH]c4ccccc4c32)CC1. The fourth-order valence-corrected chi connectivity index (χ4v) is 8.75. The summed E-state index contributed by atoms with van der Waals surface area (Å²) >= 11 is 0. The number of imide groups is 2. The number of likely N-dealkylation sites (N-methyl/N-ethyl adjacent to an activating group) is 2. The summed E-state index contributed by atoms with van der Waals surface area (Å²) in [6, 6.07) is 16.0. The van der Waals surface area contributed by atoms with Crippen LogP contribution in [0.25, 0.3) is 33.0 Å². The number of nitrogens with one attached hydrogen (secondary N) is 2. The molecule has 0 radical (unpaired) electrons. The van der Waals surface area contributed by atoms with E-state index in [4.69, 9.17) is 0 Å². The number of H-pyrrole nitrogens is 2. The monoisotopic (exact) mass is 686 g/mol. The Morgan fingerprint density at radius 1 is 0.490 bits per heavy atom. The summed E-state index contributed by atoms with van der Waals surface area (Å²) in [7, 11) is 3.16. The van der Waals surface area contributed by atoms with Crippen molar-refractivity contribution in [3.05, 3.63) is 82.4 Å². The number of amides is 4. The molecule has 0 saturated carbocycles. The topological polar surface area (TPSA) is 119 Å². The first-order valence-corrected chi connectivity index (χ1v) is 18.1. The molecule has 9 heterocycles. The molecule has 7 aliphatic heterocycles. The second-order valence-corrected chi connectivity index (χ2v) is 14.3. The van der Waals surface area contributed by atoms with E-state index < -0.39 is 0 Å². The van der Waals surface area contributed by atoms with E-state index in [2.05, 4.69) is 29.6 Å². The van der Waals surface area contributed by atoms with Gasteiger partial charge in [0.25, 0.3) is 23.6 Å². The molecule has 11 rings (SSSR count). The highest BCUT2D eigenvalue weighted by Crippen LogP contribution is 2.40. The van der Waals surface area contributed by atoms with E-state index in [1.165, 1.54) is 9.80 Å². The van der Waals surface area contributed by atoms with Gasteiger partial charge in [0.15, 0.2) is 0 Å². The zero-order chi connectivity index (χ0) is 35.0. The average Bonchev–Trinajstić information content (AvgIpc) is 3.83. The summed E-state index contributed by atoms with van der Waals surface area (Å²) < 4.78 is 0. The normalized spacial score (nSPS) is 23.5. The van der Waals surface area contributed by atoms with E-state index in [-0.39, 0.29) is 23.6 Å². The van der Waals surface area contributed by atoms with Crippen LogP contribution in [0.4, 0.5) is 0 Å². The lowest BCUT2D eigenvalue weighted by atomic mass is 9.95. The fourth-order valence-electron chi connectivity index (χ4n) is 8.75. The minimum atomic E-state index is -0.272. The number of para-hydroxylation sites is 2. The quantitative estimate of drug-likeness (QED) is 0.271. The number of carbonyl (C=O) groups excluding carboxylic acids is 4. The highest BCUT2D eigenvalue weighted by Gasteiger charge is 2.44. The van der Waals surface area contributed by atoms with E-state index in [9.17, 15) is 19.2 Å². The van der Waals surface area contributed by atoms with Crippen LogP contribution in [0, 0.1) is 0 Å². The van der Waals surface area contributed by atoms with Gasteiger partial charge in [-0.15, -0.1) is 0 Å². The first-order valence-electron chi connectivity index (χ1n) is 18.1. The van der Waals surface area contributed by atoms with Gasteiger partial charge in [-0.05, 0) is 31.4 Å². The number of fused-ring (bicyclic) bond motifs is 4. The smallest absolute Gasteiger partial charge is 0.277 e. The molecule has 0 atom stereocenters. The van der Waals surface area contributed by atoms with Gasteiger partial charge in [0.05, 0.1) is 11.1 Å². The van der Waals surface area contributed by atoms with Gasteiger partial charge in [-0.2, -0.15) is 0 Å². The van der Waals surface area contributed by atoms with Crippen LogP contribution in [-0.4, -0.2) is 143 Å². The molecule has 2 saturated heterocycles. The summed E-state index contributed by atoms with van der Waals surface area (Å²) in [5.41, 5.74) is 7.21. The molecule has 7 aliphatic rings. The molecule has 2 aromatic heterocycles. The number of rotatable bonds is 0. The molecule has 51 heavy (non-hydrogen) atoms. The van der Waals surface area contributed by atoms with Crippen molar-refractivity contribution in [1.29, 1.82) is 0 Å². The van der Waals surface area contributed by atoms with Gasteiger partial charge >= 0.3 is 0 Å². The van der Waals surface area contributed by atoms with E-state index in [1.807, 2.05) is 48.5 Å². The number of hydrogen-bond acceptors (Lipinski definition) is 8. The molecular formula is C39H42N8O4. The third-order valence-electron chi connectivity index (χ3n) is 11.6. The highest BCUT2D eigenvalue weighted by atomic mass is 16.2. The van der Waals surface area contributed by atoms with Crippen molar-refractivity contribution in [1.82, 2.24) is 39.4 Å². The number of aromatic amines is 2. The number of hydrogen-bond donors (Lipinski definition) is 2. The largest absolute Gasteiger partial charge is 0.364 e. The zero-order valence-electron chi connectivity index (χ0n) is 29.1. The molecule has 262 valence electrons. The van der Waals surface area contributed by atoms with Gasteiger partial charge < -0.3 is 19.8 Å². The summed E-state index contributed by atoms with van der Waals surface area (Å²) in [6.07, 6.45) is 1.91. The van der Waals surface area contributed by atoms with Crippen molar-refractivity contribution in [3.63, 3.8) is 0 Å². The van der Waals surface area contributed by atoms with Crippen LogP contribution in [0.15, 0.2) is 59.9 Å². The Labute approximate surface area is 295 Å². The molecule has 12 nitrogen and oxygen atoms in total. The third-order valence-corrected chi connectivity index (χ3v) is 11.6. The summed E-state index contributed by atoms with van der Waals surface area (Å²) in [4.78, 5) is 74.5. The standard InChI is InChI=1S/C39H42N8O4/c1-42-36(48)32-30-24-8-3-5-10-26(24)40-28(30)12-7-13-29-31(25-9-4-6-11-27(25)41-29)33-35(39(51)43(2)37(33)49)47-22-18-45(19-23-47)15-14-44-16-20-46(21-17-44)34(32)38(42)50/h3-6,8-11,40-41H,7,12-23H2,1-2H3. The Bertz CT molecular complexity index is 2040. The van der Waals surface area contributed by atoms with Gasteiger partial charge in [-0.3, -0.25) is 38.8 Å². The molecule has 0 spiro atoms. The van der Waals surface area contributed by atoms with Gasteiger partial charge in [-0.1, -0.05) is 36.4 Å². The number of carbonyl (C=O) groups is 4. The molecular weight excluding hydrogens is 644 g/mol. The van der Waals surface area contributed by atoms with Crippen LogP contribution >= 0.6 is 0 Å². The van der Waals surface area contributed by atoms with Crippen molar-refractivity contribution in [2.75, 3.05) is 79.5 Å². The number of aromatic nitrogens is 2. The van der Waals surface area contributed by atoms with Crippen LogP contribution in [0.5, 0.6) is 0 Å². The average molecular weight is 687 g/mol. The van der Waals surface area contributed by atoms with Gasteiger partial charge in [0.2, 0.25) is 0 Å². The van der Waals surface area contributed by atoms with E-state index in [0.717, 1.165) is 83.6 Å². The Hall–Kier alpha value is -5.20. The Kier molecular flexibility index (Phi) is 7.62. The van der Waals surface area contributed by atoms with Gasteiger partial charge in [0, 0.05) is 124 Å². The lowest BCUT2D eigenvalue weighted by Gasteiger charge is -2.39. The van der Waals surface area contributed by atoms with Crippen LogP contribution in [-0.2, 0) is 32.0 Å². The molecule has 2 N–H and O–H groups in total. The summed E-state index contributed by atoms with van der Waals surface area (Å²) in [5, 5.41) is 1.84. The van der Waals surface area contributed by atoms with Crippen molar-refractivity contribution in [2.24, 2.45) is 0 Å². The molecule has 2 fully saturated rings. The maximum atomic E-state index is 14.0. The third kappa shape index (κ3) is 5.02. The summed E-state index contributed by atoms with van der Waals surface area (Å²) in [5.74, 6) is -1.04. The predicted octanol–water partition coefficient (Wildman–Crippen LogP) is 2.49. The second kappa shape index (κ2) is 12.2. The molecule has 0 aliphatic carbocycles.